The molecule has 0 aliphatic carbocycles. The summed E-state index contributed by atoms with van der Waals surface area (Å²) in [5.41, 5.74) is 3.97. The smallest absolute Gasteiger partial charge is 0.264 e. The number of benzene rings is 4. The maximum Gasteiger partial charge on any atom is 0.264 e. The zero-order valence-corrected chi connectivity index (χ0v) is 27.5. The predicted octanol–water partition coefficient (Wildman–Crippen LogP) is 6.71. The van der Waals surface area contributed by atoms with Crippen molar-refractivity contribution in [2.75, 3.05) is 17.4 Å². The van der Waals surface area contributed by atoms with Crippen LogP contribution >= 0.6 is 11.6 Å². The Labute approximate surface area is 271 Å². The Kier molecular flexibility index (Phi) is 11.8. The molecule has 0 unspecified atom stereocenters. The molecule has 2 amide bonds. The summed E-state index contributed by atoms with van der Waals surface area (Å²) in [5, 5.41) is 3.41. The van der Waals surface area contributed by atoms with Crippen LogP contribution in [0.25, 0.3) is 0 Å². The van der Waals surface area contributed by atoms with E-state index in [1.165, 1.54) is 29.2 Å². The zero-order valence-electron chi connectivity index (χ0n) is 25.9. The Bertz CT molecular complexity index is 1680. The van der Waals surface area contributed by atoms with E-state index in [0.717, 1.165) is 39.4 Å². The van der Waals surface area contributed by atoms with Gasteiger partial charge in [0.1, 0.15) is 12.6 Å². The monoisotopic (exact) mass is 645 g/mol. The van der Waals surface area contributed by atoms with Crippen LogP contribution in [0.2, 0.25) is 5.02 Å². The normalized spacial score (nSPS) is 11.9. The van der Waals surface area contributed by atoms with Crippen LogP contribution in [0.5, 0.6) is 0 Å². The Balaban J connectivity index is 1.78. The van der Waals surface area contributed by atoms with Crippen LogP contribution in [0.3, 0.4) is 0 Å². The molecule has 0 bridgehead atoms. The van der Waals surface area contributed by atoms with Crippen molar-refractivity contribution < 1.29 is 18.0 Å². The number of hydrogen-bond acceptors (Lipinski definition) is 4. The quantitative estimate of drug-likeness (QED) is 0.155. The van der Waals surface area contributed by atoms with E-state index in [2.05, 4.69) is 5.32 Å². The Morgan fingerprint density at radius 2 is 1.51 bits per heavy atom. The van der Waals surface area contributed by atoms with Gasteiger partial charge in [0.2, 0.25) is 11.8 Å². The molecule has 0 aliphatic heterocycles. The molecule has 4 rings (SSSR count). The van der Waals surface area contributed by atoms with Gasteiger partial charge in [-0.1, -0.05) is 97.2 Å². The number of hydrogen-bond donors (Lipinski definition) is 1. The van der Waals surface area contributed by atoms with Crippen LogP contribution in [0.15, 0.2) is 108 Å². The van der Waals surface area contributed by atoms with Gasteiger partial charge >= 0.3 is 0 Å². The maximum absolute atomic E-state index is 14.5. The average Bonchev–Trinajstić information content (AvgIpc) is 3.03. The minimum absolute atomic E-state index is 0.00411. The first kappa shape index (κ1) is 33.7. The highest BCUT2D eigenvalue weighted by atomic mass is 35.5. The van der Waals surface area contributed by atoms with E-state index in [4.69, 9.17) is 11.6 Å². The number of anilines is 1. The second-order valence-corrected chi connectivity index (χ2v) is 13.5. The lowest BCUT2D eigenvalue weighted by molar-refractivity contribution is -0.140. The van der Waals surface area contributed by atoms with Gasteiger partial charge in [-0.15, -0.1) is 0 Å². The van der Waals surface area contributed by atoms with Gasteiger partial charge in [-0.3, -0.25) is 13.9 Å². The molecule has 0 saturated heterocycles. The topological polar surface area (TPSA) is 86.8 Å². The molecule has 0 saturated carbocycles. The zero-order chi connectivity index (χ0) is 32.4. The number of carbonyl (C=O) groups is 2. The fourth-order valence-electron chi connectivity index (χ4n) is 5.00. The highest BCUT2D eigenvalue weighted by Crippen LogP contribution is 2.27. The summed E-state index contributed by atoms with van der Waals surface area (Å²) >= 11 is 6.06. The minimum atomic E-state index is -4.19. The molecule has 4 aromatic carbocycles. The summed E-state index contributed by atoms with van der Waals surface area (Å²) in [5.74, 6) is -0.781. The third kappa shape index (κ3) is 9.19. The second kappa shape index (κ2) is 15.7. The van der Waals surface area contributed by atoms with Gasteiger partial charge in [-0.05, 0) is 73.4 Å². The maximum atomic E-state index is 14.5. The Hall–Kier alpha value is -4.14. The van der Waals surface area contributed by atoms with E-state index in [9.17, 15) is 18.0 Å². The largest absolute Gasteiger partial charge is 0.354 e. The van der Waals surface area contributed by atoms with Crippen molar-refractivity contribution in [3.05, 3.63) is 130 Å². The van der Waals surface area contributed by atoms with E-state index in [1.807, 2.05) is 81.4 Å². The van der Waals surface area contributed by atoms with Crippen molar-refractivity contribution in [1.29, 1.82) is 0 Å². The summed E-state index contributed by atoms with van der Waals surface area (Å²) in [6, 6.07) is 29.3. The molecule has 4 aromatic rings. The van der Waals surface area contributed by atoms with Crippen molar-refractivity contribution in [3.8, 4) is 0 Å². The molecule has 1 atom stereocenters. The number of nitrogens with one attached hydrogen (secondary N) is 1. The van der Waals surface area contributed by atoms with Crippen LogP contribution in [0.1, 0.15) is 42.0 Å². The lowest BCUT2D eigenvalue weighted by atomic mass is 10.0. The fourth-order valence-corrected chi connectivity index (χ4v) is 6.53. The highest BCUT2D eigenvalue weighted by molar-refractivity contribution is 7.92. The molecule has 0 spiro atoms. The summed E-state index contributed by atoms with van der Waals surface area (Å²) in [6.45, 7) is 5.98. The van der Waals surface area contributed by atoms with E-state index in [1.54, 1.807) is 18.2 Å². The van der Waals surface area contributed by atoms with Crippen molar-refractivity contribution >= 4 is 39.1 Å². The number of unbranched alkanes of at least 4 members (excludes halogenated alkanes) is 1. The molecule has 236 valence electrons. The highest BCUT2D eigenvalue weighted by Gasteiger charge is 2.34. The van der Waals surface area contributed by atoms with Gasteiger partial charge < -0.3 is 10.2 Å². The van der Waals surface area contributed by atoms with Crippen LogP contribution in [0, 0.1) is 13.8 Å². The summed E-state index contributed by atoms with van der Waals surface area (Å²) in [7, 11) is -4.19. The van der Waals surface area contributed by atoms with Gasteiger partial charge in [-0.2, -0.15) is 0 Å². The molecule has 7 nitrogen and oxygen atoms in total. The summed E-state index contributed by atoms with van der Waals surface area (Å²) < 4.78 is 29.3. The molecule has 0 aromatic heterocycles. The van der Waals surface area contributed by atoms with Crippen molar-refractivity contribution in [1.82, 2.24) is 10.2 Å². The first-order valence-electron chi connectivity index (χ1n) is 15.1. The van der Waals surface area contributed by atoms with Gasteiger partial charge in [0.05, 0.1) is 10.6 Å². The predicted molar refractivity (Wildman–Crippen MR) is 181 cm³/mol. The molecule has 1 N–H and O–H groups in total. The number of carbonyl (C=O) groups excluding carboxylic acids is 2. The van der Waals surface area contributed by atoms with Crippen LogP contribution in [-0.4, -0.2) is 44.3 Å². The Morgan fingerprint density at radius 3 is 2.16 bits per heavy atom. The van der Waals surface area contributed by atoms with E-state index in [-0.39, 0.29) is 23.8 Å². The molecule has 0 aliphatic rings. The van der Waals surface area contributed by atoms with E-state index < -0.39 is 28.5 Å². The van der Waals surface area contributed by atoms with E-state index in [0.29, 0.717) is 17.3 Å². The molecular formula is C36H40ClN3O4S. The average molecular weight is 646 g/mol. The number of sulfonamides is 1. The lowest BCUT2D eigenvalue weighted by Gasteiger charge is -2.34. The molecule has 9 heteroatoms. The van der Waals surface area contributed by atoms with Crippen LogP contribution in [-0.2, 0) is 32.6 Å². The molecule has 0 radical (unpaired) electrons. The third-order valence-corrected chi connectivity index (χ3v) is 9.58. The number of nitrogens with zero attached hydrogens (tertiary/aromatic N) is 2. The Morgan fingerprint density at radius 1 is 0.822 bits per heavy atom. The van der Waals surface area contributed by atoms with Gasteiger partial charge in [0.25, 0.3) is 10.0 Å². The second-order valence-electron chi connectivity index (χ2n) is 11.2. The SMILES string of the molecule is CCCCNC(=O)[C@@H](Cc1ccccc1)N(Cc1ccc(C)cc1)C(=O)CN(c1cccc(C)c1)S(=O)(=O)c1ccc(Cl)cc1. The third-order valence-electron chi connectivity index (χ3n) is 7.54. The summed E-state index contributed by atoms with van der Waals surface area (Å²) in [6.07, 6.45) is 1.98. The number of rotatable bonds is 14. The first-order chi connectivity index (χ1) is 21.6. The fraction of sp³-hybridized carbons (Fsp3) is 0.278. The molecule has 45 heavy (non-hydrogen) atoms. The van der Waals surface area contributed by atoms with Crippen molar-refractivity contribution in [2.45, 2.75) is 57.5 Å². The van der Waals surface area contributed by atoms with Crippen LogP contribution in [0.4, 0.5) is 5.69 Å². The minimum Gasteiger partial charge on any atom is -0.354 e. The van der Waals surface area contributed by atoms with E-state index >= 15 is 0 Å². The molecular weight excluding hydrogens is 606 g/mol. The summed E-state index contributed by atoms with van der Waals surface area (Å²) in [4.78, 5) is 29.8. The number of halogens is 1. The molecule has 0 fully saturated rings. The molecule has 0 heterocycles. The van der Waals surface area contributed by atoms with Gasteiger partial charge in [0, 0.05) is 24.5 Å². The van der Waals surface area contributed by atoms with Crippen LogP contribution < -0.4 is 9.62 Å². The number of aryl methyl sites for hydroxylation is 2. The first-order valence-corrected chi connectivity index (χ1v) is 16.9. The standard InChI is InChI=1S/C36H40ClN3O4S/c1-4-5-22-38-36(42)34(24-29-11-7-6-8-12-29)39(25-30-16-14-27(2)15-17-30)35(41)26-40(32-13-9-10-28(3)23-32)45(43,44)33-20-18-31(37)19-21-33/h6-21,23,34H,4-5,22,24-26H2,1-3H3,(H,38,42)/t34-/m1/s1. The van der Waals surface area contributed by atoms with Crippen molar-refractivity contribution in [2.24, 2.45) is 0 Å². The van der Waals surface area contributed by atoms with Gasteiger partial charge in [-0.25, -0.2) is 8.42 Å². The lowest BCUT2D eigenvalue weighted by Crippen LogP contribution is -2.53. The van der Waals surface area contributed by atoms with Gasteiger partial charge in [0.15, 0.2) is 0 Å². The number of amides is 2. The van der Waals surface area contributed by atoms with Crippen molar-refractivity contribution in [3.63, 3.8) is 0 Å².